The van der Waals surface area contributed by atoms with Gasteiger partial charge in [-0.05, 0) is 48.2 Å². The molecule has 0 amide bonds. The molecule has 0 radical (unpaired) electrons. The third kappa shape index (κ3) is 3.19. The fraction of sp³-hybridized carbons (Fsp3) is 0.143. The minimum absolute atomic E-state index is 0.0679. The molecular formula is C14H13ClO2S. The topological polar surface area (TPSA) is 29.5 Å². The predicted molar refractivity (Wildman–Crippen MR) is 75.7 cm³/mol. The van der Waals surface area contributed by atoms with Crippen molar-refractivity contribution in [3.63, 3.8) is 0 Å². The Kier molecular flexibility index (Phi) is 4.53. The summed E-state index contributed by atoms with van der Waals surface area (Å²) in [6, 6.07) is 13.1. The molecule has 0 aliphatic rings. The molecule has 0 aliphatic carbocycles. The summed E-state index contributed by atoms with van der Waals surface area (Å²) in [5.41, 5.74) is 0.696. The summed E-state index contributed by atoms with van der Waals surface area (Å²) in [5, 5.41) is 9.54. The van der Waals surface area contributed by atoms with E-state index in [9.17, 15) is 0 Å². The van der Waals surface area contributed by atoms with Crippen molar-refractivity contribution in [3.8, 4) is 11.5 Å². The zero-order valence-electron chi connectivity index (χ0n) is 9.89. The Labute approximate surface area is 116 Å². The summed E-state index contributed by atoms with van der Waals surface area (Å²) < 4.78 is 5.68. The average molecular weight is 281 g/mol. The van der Waals surface area contributed by atoms with Crippen LogP contribution in [0.1, 0.15) is 5.56 Å². The number of rotatable bonds is 4. The largest absolute Gasteiger partial charge is 0.457 e. The summed E-state index contributed by atoms with van der Waals surface area (Å²) in [7, 11) is 0. The van der Waals surface area contributed by atoms with E-state index in [0.29, 0.717) is 16.3 Å². The molecule has 18 heavy (non-hydrogen) atoms. The average Bonchev–Trinajstić information content (AvgIpc) is 2.40. The molecule has 0 aromatic heterocycles. The lowest BCUT2D eigenvalue weighted by Crippen LogP contribution is -1.88. The van der Waals surface area contributed by atoms with Gasteiger partial charge >= 0.3 is 0 Å². The van der Waals surface area contributed by atoms with Crippen LogP contribution >= 0.6 is 23.4 Å². The Morgan fingerprint density at radius 2 is 1.78 bits per heavy atom. The third-order valence-corrected chi connectivity index (χ3v) is 3.59. The van der Waals surface area contributed by atoms with Gasteiger partial charge in [0.05, 0.1) is 6.61 Å². The molecule has 4 heteroatoms. The van der Waals surface area contributed by atoms with Crippen molar-refractivity contribution in [2.45, 2.75) is 11.5 Å². The second-order valence-corrected chi connectivity index (χ2v) is 4.98. The second-order valence-electron chi connectivity index (χ2n) is 3.69. The Morgan fingerprint density at radius 3 is 2.33 bits per heavy atom. The van der Waals surface area contributed by atoms with Crippen molar-refractivity contribution in [2.75, 3.05) is 6.26 Å². The van der Waals surface area contributed by atoms with Crippen molar-refractivity contribution in [3.05, 3.63) is 53.1 Å². The number of aliphatic hydroxyl groups is 1. The first-order valence-electron chi connectivity index (χ1n) is 5.44. The van der Waals surface area contributed by atoms with Crippen LogP contribution in [0.25, 0.3) is 0 Å². The van der Waals surface area contributed by atoms with Gasteiger partial charge in [-0.15, -0.1) is 11.8 Å². The van der Waals surface area contributed by atoms with Gasteiger partial charge < -0.3 is 9.84 Å². The van der Waals surface area contributed by atoms with Crippen molar-refractivity contribution in [1.29, 1.82) is 0 Å². The molecule has 0 fully saturated rings. The van der Waals surface area contributed by atoms with Gasteiger partial charge in [-0.3, -0.25) is 0 Å². The van der Waals surface area contributed by atoms with Crippen LogP contribution in [-0.4, -0.2) is 11.4 Å². The van der Waals surface area contributed by atoms with E-state index in [1.807, 2.05) is 30.5 Å². The van der Waals surface area contributed by atoms with Crippen LogP contribution in [0.4, 0.5) is 0 Å². The first-order valence-corrected chi connectivity index (χ1v) is 7.04. The minimum Gasteiger partial charge on any atom is -0.457 e. The molecule has 0 spiro atoms. The number of benzene rings is 2. The molecule has 0 saturated heterocycles. The zero-order chi connectivity index (χ0) is 13.0. The molecule has 2 aromatic rings. The highest BCUT2D eigenvalue weighted by Gasteiger charge is 2.03. The van der Waals surface area contributed by atoms with Gasteiger partial charge in [-0.25, -0.2) is 0 Å². The highest BCUT2D eigenvalue weighted by molar-refractivity contribution is 7.98. The van der Waals surface area contributed by atoms with E-state index in [1.165, 1.54) is 4.90 Å². The van der Waals surface area contributed by atoms with Crippen molar-refractivity contribution in [1.82, 2.24) is 0 Å². The standard InChI is InChI=1S/C14H13ClO2S/c1-18-13-6-4-11(5-7-13)17-12-3-2-10(9-16)14(15)8-12/h2-8,16H,9H2,1H3. The lowest BCUT2D eigenvalue weighted by molar-refractivity contribution is 0.282. The summed E-state index contributed by atoms with van der Waals surface area (Å²) >= 11 is 7.69. The van der Waals surface area contributed by atoms with Crippen molar-refractivity contribution >= 4 is 23.4 Å². The van der Waals surface area contributed by atoms with Gasteiger partial charge in [0.1, 0.15) is 11.5 Å². The highest BCUT2D eigenvalue weighted by atomic mass is 35.5. The van der Waals surface area contributed by atoms with Gasteiger partial charge in [0.2, 0.25) is 0 Å². The number of thioether (sulfide) groups is 1. The quantitative estimate of drug-likeness (QED) is 0.845. The second kappa shape index (κ2) is 6.14. The van der Waals surface area contributed by atoms with Gasteiger partial charge in [0, 0.05) is 9.92 Å². The highest BCUT2D eigenvalue weighted by Crippen LogP contribution is 2.28. The fourth-order valence-corrected chi connectivity index (χ4v) is 2.14. The van der Waals surface area contributed by atoms with Gasteiger partial charge in [0.15, 0.2) is 0 Å². The van der Waals surface area contributed by atoms with Gasteiger partial charge in [-0.1, -0.05) is 17.7 Å². The van der Waals surface area contributed by atoms with E-state index < -0.39 is 0 Å². The molecule has 1 N–H and O–H groups in total. The normalized spacial score (nSPS) is 10.4. The Morgan fingerprint density at radius 1 is 1.11 bits per heavy atom. The molecule has 0 aliphatic heterocycles. The lowest BCUT2D eigenvalue weighted by atomic mass is 10.2. The molecule has 94 valence electrons. The van der Waals surface area contributed by atoms with Crippen LogP contribution in [0.3, 0.4) is 0 Å². The number of ether oxygens (including phenoxy) is 1. The van der Waals surface area contributed by atoms with Crippen LogP contribution < -0.4 is 4.74 Å². The summed E-state index contributed by atoms with van der Waals surface area (Å²) in [5.74, 6) is 1.43. The van der Waals surface area contributed by atoms with E-state index in [-0.39, 0.29) is 6.61 Å². The third-order valence-electron chi connectivity index (χ3n) is 2.49. The molecule has 0 saturated carbocycles. The van der Waals surface area contributed by atoms with Crippen LogP contribution in [0, 0.1) is 0 Å². The van der Waals surface area contributed by atoms with E-state index >= 15 is 0 Å². The molecule has 0 atom stereocenters. The summed E-state index contributed by atoms with van der Waals surface area (Å²) in [6.07, 6.45) is 2.03. The smallest absolute Gasteiger partial charge is 0.128 e. The first kappa shape index (κ1) is 13.3. The Balaban J connectivity index is 2.15. The van der Waals surface area contributed by atoms with E-state index in [0.717, 1.165) is 5.75 Å². The maximum Gasteiger partial charge on any atom is 0.128 e. The molecule has 0 bridgehead atoms. The lowest BCUT2D eigenvalue weighted by Gasteiger charge is -2.08. The molecule has 0 unspecified atom stereocenters. The van der Waals surface area contributed by atoms with Crippen LogP contribution in [0.2, 0.25) is 5.02 Å². The van der Waals surface area contributed by atoms with Crippen LogP contribution in [0.5, 0.6) is 11.5 Å². The maximum atomic E-state index is 9.03. The Hall–Kier alpha value is -1.16. The van der Waals surface area contributed by atoms with Crippen molar-refractivity contribution < 1.29 is 9.84 Å². The maximum absolute atomic E-state index is 9.03. The number of hydrogen-bond donors (Lipinski definition) is 1. The number of halogens is 1. The summed E-state index contributed by atoms with van der Waals surface area (Å²) in [4.78, 5) is 1.19. The summed E-state index contributed by atoms with van der Waals surface area (Å²) in [6.45, 7) is -0.0679. The first-order chi connectivity index (χ1) is 8.72. The van der Waals surface area contributed by atoms with E-state index in [2.05, 4.69) is 0 Å². The zero-order valence-corrected chi connectivity index (χ0v) is 11.5. The predicted octanol–water partition coefficient (Wildman–Crippen LogP) is 4.35. The van der Waals surface area contributed by atoms with Crippen LogP contribution in [-0.2, 0) is 6.61 Å². The fourth-order valence-electron chi connectivity index (χ4n) is 1.50. The molecule has 2 rings (SSSR count). The molecule has 2 nitrogen and oxygen atoms in total. The van der Waals surface area contributed by atoms with Crippen LogP contribution in [0.15, 0.2) is 47.4 Å². The van der Waals surface area contributed by atoms with Crippen molar-refractivity contribution in [2.24, 2.45) is 0 Å². The van der Waals surface area contributed by atoms with Gasteiger partial charge in [-0.2, -0.15) is 0 Å². The van der Waals surface area contributed by atoms with E-state index in [4.69, 9.17) is 21.4 Å². The molecule has 0 heterocycles. The molecule has 2 aromatic carbocycles. The number of aliphatic hydroxyl groups excluding tert-OH is 1. The SMILES string of the molecule is CSc1ccc(Oc2ccc(CO)c(Cl)c2)cc1. The van der Waals surface area contributed by atoms with E-state index in [1.54, 1.807) is 30.0 Å². The number of hydrogen-bond acceptors (Lipinski definition) is 3. The minimum atomic E-state index is -0.0679. The Bertz CT molecular complexity index is 526. The molecular weight excluding hydrogens is 268 g/mol. The van der Waals surface area contributed by atoms with Gasteiger partial charge in [0.25, 0.3) is 0 Å². The monoisotopic (exact) mass is 280 g/mol.